The molecule has 0 aliphatic rings. The fourth-order valence-corrected chi connectivity index (χ4v) is 1.13. The maximum atomic E-state index is 13.0. The maximum absolute atomic E-state index is 13.0. The summed E-state index contributed by atoms with van der Waals surface area (Å²) in [7, 11) is 0. The third-order valence-electron chi connectivity index (χ3n) is 2.07. The Hall–Kier alpha value is -1.31. The lowest BCUT2D eigenvalue weighted by Crippen LogP contribution is -2.46. The van der Waals surface area contributed by atoms with Crippen LogP contribution in [-0.4, -0.2) is 12.1 Å². The van der Waals surface area contributed by atoms with Crippen LogP contribution in [0.5, 0.6) is 0 Å². The van der Waals surface area contributed by atoms with E-state index in [2.05, 4.69) is 5.73 Å². The largest absolute Gasteiger partial charge is 0.455 e. The lowest BCUT2D eigenvalue weighted by atomic mass is 10.0. The van der Waals surface area contributed by atoms with E-state index in [0.717, 1.165) is 0 Å². The minimum absolute atomic E-state index is 0.182. The van der Waals surface area contributed by atoms with Crippen molar-refractivity contribution < 1.29 is 30.7 Å². The van der Waals surface area contributed by atoms with Crippen LogP contribution in [0.1, 0.15) is 11.6 Å². The zero-order chi connectivity index (χ0) is 13.4. The first kappa shape index (κ1) is 13.8. The summed E-state index contributed by atoms with van der Waals surface area (Å²) in [5.41, 5.74) is 3.57. The van der Waals surface area contributed by atoms with Gasteiger partial charge in [0.05, 0.1) is 0 Å². The molecule has 8 heteroatoms. The van der Waals surface area contributed by atoms with Crippen molar-refractivity contribution in [2.24, 2.45) is 5.73 Å². The highest BCUT2D eigenvalue weighted by molar-refractivity contribution is 5.24. The van der Waals surface area contributed by atoms with E-state index >= 15 is 0 Å². The Morgan fingerprint density at radius 2 is 1.53 bits per heavy atom. The molecular weight excluding hydrogens is 255 g/mol. The molecule has 0 amide bonds. The highest BCUT2D eigenvalue weighted by Gasteiger charge is 2.62. The standard InChI is InChI=1S/C9H6F7N/c10-4-1-2-5(6(11)3-4)7(17)8(12,13)9(14,15)16/h1-3,7H,17H2/t7-/m1/s1. The molecule has 2 N–H and O–H groups in total. The zero-order valence-corrected chi connectivity index (χ0v) is 8.03. The first-order valence-corrected chi connectivity index (χ1v) is 4.22. The molecule has 0 aliphatic carbocycles. The lowest BCUT2D eigenvalue weighted by Gasteiger charge is -2.26. The molecule has 0 saturated heterocycles. The van der Waals surface area contributed by atoms with Crippen LogP contribution in [0.4, 0.5) is 30.7 Å². The van der Waals surface area contributed by atoms with Crippen LogP contribution in [0.3, 0.4) is 0 Å². The normalized spacial score (nSPS) is 14.8. The third-order valence-corrected chi connectivity index (χ3v) is 2.07. The summed E-state index contributed by atoms with van der Waals surface area (Å²) in [6.45, 7) is 0. The average Bonchev–Trinajstić information content (AvgIpc) is 2.14. The van der Waals surface area contributed by atoms with Crippen LogP contribution < -0.4 is 5.73 Å². The molecule has 96 valence electrons. The van der Waals surface area contributed by atoms with E-state index in [-0.39, 0.29) is 6.07 Å². The Kier molecular flexibility index (Phi) is 3.37. The van der Waals surface area contributed by atoms with Crippen LogP contribution in [0.15, 0.2) is 18.2 Å². The summed E-state index contributed by atoms with van der Waals surface area (Å²) < 4.78 is 86.9. The average molecular weight is 261 g/mol. The van der Waals surface area contributed by atoms with Gasteiger partial charge in [-0.3, -0.25) is 0 Å². The molecule has 0 spiro atoms. The van der Waals surface area contributed by atoms with Gasteiger partial charge < -0.3 is 5.73 Å². The Balaban J connectivity index is 3.17. The van der Waals surface area contributed by atoms with E-state index in [1.54, 1.807) is 0 Å². The first-order chi connectivity index (χ1) is 7.57. The van der Waals surface area contributed by atoms with Gasteiger partial charge in [-0.25, -0.2) is 8.78 Å². The number of nitrogens with two attached hydrogens (primary N) is 1. The Bertz CT molecular complexity index is 412. The summed E-state index contributed by atoms with van der Waals surface area (Å²) in [4.78, 5) is 0. The molecule has 0 aromatic heterocycles. The smallest absolute Gasteiger partial charge is 0.319 e. The summed E-state index contributed by atoms with van der Waals surface area (Å²) in [6, 6.07) is -1.75. The van der Waals surface area contributed by atoms with Crippen LogP contribution in [0, 0.1) is 11.6 Å². The monoisotopic (exact) mass is 261 g/mol. The molecular formula is C9H6F7N. The fourth-order valence-electron chi connectivity index (χ4n) is 1.13. The predicted molar refractivity (Wildman–Crippen MR) is 44.3 cm³/mol. The Labute approximate surface area is 91.0 Å². The van der Waals surface area contributed by atoms with Crippen molar-refractivity contribution in [3.8, 4) is 0 Å². The van der Waals surface area contributed by atoms with Crippen molar-refractivity contribution >= 4 is 0 Å². The highest BCUT2D eigenvalue weighted by Crippen LogP contribution is 2.43. The number of benzene rings is 1. The van der Waals surface area contributed by atoms with Crippen molar-refractivity contribution in [1.82, 2.24) is 0 Å². The quantitative estimate of drug-likeness (QED) is 0.813. The van der Waals surface area contributed by atoms with Gasteiger partial charge in [0.25, 0.3) is 0 Å². The van der Waals surface area contributed by atoms with Crippen LogP contribution in [0.2, 0.25) is 0 Å². The first-order valence-electron chi connectivity index (χ1n) is 4.22. The Morgan fingerprint density at radius 1 is 1.00 bits per heavy atom. The van der Waals surface area contributed by atoms with Crippen molar-refractivity contribution in [2.45, 2.75) is 18.1 Å². The second-order valence-corrected chi connectivity index (χ2v) is 3.26. The second kappa shape index (κ2) is 4.17. The zero-order valence-electron chi connectivity index (χ0n) is 8.03. The molecule has 0 radical (unpaired) electrons. The SMILES string of the molecule is N[C@H](c1ccc(F)cc1F)C(F)(F)C(F)(F)F. The van der Waals surface area contributed by atoms with Gasteiger partial charge in [-0.2, -0.15) is 22.0 Å². The van der Waals surface area contributed by atoms with Gasteiger partial charge in [0, 0.05) is 11.6 Å². The summed E-state index contributed by atoms with van der Waals surface area (Å²) >= 11 is 0. The molecule has 0 heterocycles. The third kappa shape index (κ3) is 2.51. The van der Waals surface area contributed by atoms with Crippen molar-refractivity contribution in [3.05, 3.63) is 35.4 Å². The highest BCUT2D eigenvalue weighted by atomic mass is 19.4. The predicted octanol–water partition coefficient (Wildman–Crippen LogP) is 3.16. The van der Waals surface area contributed by atoms with Gasteiger partial charge in [0.1, 0.15) is 17.7 Å². The molecule has 1 atom stereocenters. The van der Waals surface area contributed by atoms with Gasteiger partial charge in [-0.15, -0.1) is 0 Å². The lowest BCUT2D eigenvalue weighted by molar-refractivity contribution is -0.291. The van der Waals surface area contributed by atoms with Crippen LogP contribution in [-0.2, 0) is 0 Å². The number of rotatable bonds is 2. The number of alkyl halides is 5. The van der Waals surface area contributed by atoms with E-state index in [1.165, 1.54) is 0 Å². The molecule has 0 fully saturated rings. The minimum Gasteiger partial charge on any atom is -0.319 e. The molecule has 0 bridgehead atoms. The molecule has 1 aromatic rings. The second-order valence-electron chi connectivity index (χ2n) is 3.26. The molecule has 0 aliphatic heterocycles. The molecule has 17 heavy (non-hydrogen) atoms. The molecule has 0 saturated carbocycles. The summed E-state index contributed by atoms with van der Waals surface area (Å²) in [6.07, 6.45) is -5.91. The fraction of sp³-hybridized carbons (Fsp3) is 0.333. The van der Waals surface area contributed by atoms with Crippen molar-refractivity contribution in [1.29, 1.82) is 0 Å². The van der Waals surface area contributed by atoms with E-state index in [1.807, 2.05) is 0 Å². The maximum Gasteiger partial charge on any atom is 0.455 e. The molecule has 1 aromatic carbocycles. The van der Waals surface area contributed by atoms with Crippen molar-refractivity contribution in [2.75, 3.05) is 0 Å². The van der Waals surface area contributed by atoms with Crippen LogP contribution in [0.25, 0.3) is 0 Å². The van der Waals surface area contributed by atoms with Gasteiger partial charge in [-0.1, -0.05) is 6.07 Å². The van der Waals surface area contributed by atoms with E-state index in [0.29, 0.717) is 12.1 Å². The van der Waals surface area contributed by atoms with E-state index < -0.39 is 35.3 Å². The van der Waals surface area contributed by atoms with Crippen LogP contribution >= 0.6 is 0 Å². The van der Waals surface area contributed by atoms with Gasteiger partial charge in [0.15, 0.2) is 0 Å². The van der Waals surface area contributed by atoms with Gasteiger partial charge in [0.2, 0.25) is 0 Å². The van der Waals surface area contributed by atoms with Crippen molar-refractivity contribution in [3.63, 3.8) is 0 Å². The number of hydrogen-bond acceptors (Lipinski definition) is 1. The van der Waals surface area contributed by atoms with Gasteiger partial charge >= 0.3 is 12.1 Å². The minimum atomic E-state index is -5.91. The molecule has 0 unspecified atom stereocenters. The number of hydrogen-bond donors (Lipinski definition) is 1. The molecule has 1 rings (SSSR count). The topological polar surface area (TPSA) is 26.0 Å². The Morgan fingerprint density at radius 3 is 1.94 bits per heavy atom. The molecule has 1 nitrogen and oxygen atoms in total. The summed E-state index contributed by atoms with van der Waals surface area (Å²) in [5.74, 6) is -7.96. The summed E-state index contributed by atoms with van der Waals surface area (Å²) in [5, 5.41) is 0. The van der Waals surface area contributed by atoms with E-state index in [9.17, 15) is 30.7 Å². The van der Waals surface area contributed by atoms with E-state index in [4.69, 9.17) is 0 Å². The number of halogens is 7. The van der Waals surface area contributed by atoms with Gasteiger partial charge in [-0.05, 0) is 6.07 Å².